The Morgan fingerprint density at radius 2 is 2.14 bits per heavy atom. The van der Waals surface area contributed by atoms with E-state index in [-0.39, 0.29) is 18.4 Å². The summed E-state index contributed by atoms with van der Waals surface area (Å²) in [5.41, 5.74) is 5.35. The standard InChI is InChI=1S/C9H18N2O3/c1-3-14-9(13)6-11-8(12)4-7(2)5-10/h7H,3-6,10H2,1-2H3,(H,11,12). The van der Waals surface area contributed by atoms with Crippen molar-refractivity contribution in [1.29, 1.82) is 0 Å². The molecule has 0 heterocycles. The lowest BCUT2D eigenvalue weighted by molar-refractivity contribution is -0.143. The highest BCUT2D eigenvalue weighted by molar-refractivity contribution is 5.81. The van der Waals surface area contributed by atoms with E-state index >= 15 is 0 Å². The lowest BCUT2D eigenvalue weighted by atomic mass is 10.1. The molecule has 14 heavy (non-hydrogen) atoms. The summed E-state index contributed by atoms with van der Waals surface area (Å²) < 4.78 is 4.65. The number of hydrogen-bond donors (Lipinski definition) is 2. The molecule has 0 fully saturated rings. The quantitative estimate of drug-likeness (QED) is 0.577. The number of amides is 1. The van der Waals surface area contributed by atoms with Crippen molar-refractivity contribution in [1.82, 2.24) is 5.32 Å². The van der Waals surface area contributed by atoms with E-state index in [4.69, 9.17) is 5.73 Å². The van der Waals surface area contributed by atoms with Crippen LogP contribution in [0.1, 0.15) is 20.3 Å². The zero-order valence-corrected chi connectivity index (χ0v) is 8.71. The van der Waals surface area contributed by atoms with E-state index in [2.05, 4.69) is 10.1 Å². The van der Waals surface area contributed by atoms with Crippen LogP contribution in [0.2, 0.25) is 0 Å². The molecule has 0 radical (unpaired) electrons. The first kappa shape index (κ1) is 12.9. The van der Waals surface area contributed by atoms with Crippen molar-refractivity contribution in [2.45, 2.75) is 20.3 Å². The normalized spacial score (nSPS) is 11.9. The molecule has 0 aliphatic heterocycles. The highest BCUT2D eigenvalue weighted by Gasteiger charge is 2.09. The Morgan fingerprint density at radius 3 is 2.64 bits per heavy atom. The van der Waals surface area contributed by atoms with Crippen LogP contribution in [0.4, 0.5) is 0 Å². The number of hydrogen-bond acceptors (Lipinski definition) is 4. The van der Waals surface area contributed by atoms with Crippen LogP contribution in [-0.2, 0) is 14.3 Å². The van der Waals surface area contributed by atoms with Gasteiger partial charge in [-0.15, -0.1) is 0 Å². The van der Waals surface area contributed by atoms with Gasteiger partial charge >= 0.3 is 5.97 Å². The van der Waals surface area contributed by atoms with Gasteiger partial charge in [0.15, 0.2) is 0 Å². The first-order valence-electron chi connectivity index (χ1n) is 4.72. The van der Waals surface area contributed by atoms with Gasteiger partial charge in [0.05, 0.1) is 6.61 Å². The minimum Gasteiger partial charge on any atom is -0.465 e. The second-order valence-corrected chi connectivity index (χ2v) is 3.13. The first-order valence-corrected chi connectivity index (χ1v) is 4.72. The van der Waals surface area contributed by atoms with Crippen LogP contribution in [0.5, 0.6) is 0 Å². The number of ether oxygens (including phenoxy) is 1. The zero-order chi connectivity index (χ0) is 11.0. The van der Waals surface area contributed by atoms with Gasteiger partial charge in [-0.25, -0.2) is 0 Å². The molecule has 5 nitrogen and oxygen atoms in total. The Balaban J connectivity index is 3.58. The highest BCUT2D eigenvalue weighted by Crippen LogP contribution is 1.97. The number of nitrogens with one attached hydrogen (secondary N) is 1. The van der Waals surface area contributed by atoms with Gasteiger partial charge in [-0.2, -0.15) is 0 Å². The van der Waals surface area contributed by atoms with Gasteiger partial charge < -0.3 is 15.8 Å². The smallest absolute Gasteiger partial charge is 0.325 e. The molecule has 82 valence electrons. The van der Waals surface area contributed by atoms with Crippen molar-refractivity contribution in [3.05, 3.63) is 0 Å². The molecule has 0 saturated heterocycles. The zero-order valence-electron chi connectivity index (χ0n) is 8.71. The lowest BCUT2D eigenvalue weighted by Crippen LogP contribution is -2.32. The van der Waals surface area contributed by atoms with Crippen LogP contribution in [0, 0.1) is 5.92 Å². The van der Waals surface area contributed by atoms with Gasteiger partial charge in [-0.1, -0.05) is 6.92 Å². The Labute approximate surface area is 84.0 Å². The molecule has 3 N–H and O–H groups in total. The minimum absolute atomic E-state index is 0.0655. The van der Waals surface area contributed by atoms with Crippen molar-refractivity contribution in [2.75, 3.05) is 19.7 Å². The maximum absolute atomic E-state index is 11.1. The highest BCUT2D eigenvalue weighted by atomic mass is 16.5. The SMILES string of the molecule is CCOC(=O)CNC(=O)CC(C)CN. The summed E-state index contributed by atoms with van der Waals surface area (Å²) in [7, 11) is 0. The summed E-state index contributed by atoms with van der Waals surface area (Å²) in [4.78, 5) is 22.0. The number of nitrogens with two attached hydrogens (primary N) is 1. The van der Waals surface area contributed by atoms with Gasteiger partial charge in [-0.05, 0) is 19.4 Å². The van der Waals surface area contributed by atoms with E-state index in [1.807, 2.05) is 6.92 Å². The molecular weight excluding hydrogens is 184 g/mol. The molecule has 0 aromatic rings. The van der Waals surface area contributed by atoms with Gasteiger partial charge in [-0.3, -0.25) is 9.59 Å². The lowest BCUT2D eigenvalue weighted by Gasteiger charge is -2.08. The maximum Gasteiger partial charge on any atom is 0.325 e. The third-order valence-corrected chi connectivity index (χ3v) is 1.67. The van der Waals surface area contributed by atoms with Crippen molar-refractivity contribution < 1.29 is 14.3 Å². The molecule has 0 rings (SSSR count). The van der Waals surface area contributed by atoms with E-state index in [0.717, 1.165) is 0 Å². The van der Waals surface area contributed by atoms with E-state index in [1.54, 1.807) is 6.92 Å². The van der Waals surface area contributed by atoms with Gasteiger partial charge in [0.25, 0.3) is 0 Å². The van der Waals surface area contributed by atoms with E-state index < -0.39 is 5.97 Å². The van der Waals surface area contributed by atoms with Crippen molar-refractivity contribution in [3.8, 4) is 0 Å². The summed E-state index contributed by atoms with van der Waals surface area (Å²) in [5, 5.41) is 2.46. The molecule has 0 spiro atoms. The molecule has 0 aliphatic carbocycles. The fraction of sp³-hybridized carbons (Fsp3) is 0.778. The van der Waals surface area contributed by atoms with Crippen LogP contribution < -0.4 is 11.1 Å². The largest absolute Gasteiger partial charge is 0.465 e. The Morgan fingerprint density at radius 1 is 1.50 bits per heavy atom. The monoisotopic (exact) mass is 202 g/mol. The number of carbonyl (C=O) groups is 2. The van der Waals surface area contributed by atoms with Crippen LogP contribution in [-0.4, -0.2) is 31.6 Å². The summed E-state index contributed by atoms with van der Waals surface area (Å²) in [5.74, 6) is -0.450. The van der Waals surface area contributed by atoms with Crippen molar-refractivity contribution >= 4 is 11.9 Å². The Bertz CT molecular complexity index is 194. The third kappa shape index (κ3) is 6.42. The molecule has 0 bridgehead atoms. The molecule has 0 saturated carbocycles. The first-order chi connectivity index (χ1) is 6.60. The maximum atomic E-state index is 11.1. The van der Waals surface area contributed by atoms with Crippen LogP contribution in [0.15, 0.2) is 0 Å². The third-order valence-electron chi connectivity index (χ3n) is 1.67. The van der Waals surface area contributed by atoms with Crippen LogP contribution >= 0.6 is 0 Å². The summed E-state index contributed by atoms with van der Waals surface area (Å²) in [6.45, 7) is 4.32. The van der Waals surface area contributed by atoms with E-state index in [0.29, 0.717) is 19.6 Å². The fourth-order valence-corrected chi connectivity index (χ4v) is 0.855. The second-order valence-electron chi connectivity index (χ2n) is 3.13. The molecule has 1 unspecified atom stereocenters. The molecule has 0 aromatic carbocycles. The number of esters is 1. The summed E-state index contributed by atoms with van der Waals surface area (Å²) in [6, 6.07) is 0. The van der Waals surface area contributed by atoms with Gasteiger partial charge in [0.1, 0.15) is 6.54 Å². The Hall–Kier alpha value is -1.10. The second kappa shape index (κ2) is 7.32. The molecule has 0 aliphatic rings. The molecule has 0 aromatic heterocycles. The van der Waals surface area contributed by atoms with E-state index in [1.165, 1.54) is 0 Å². The van der Waals surface area contributed by atoms with Crippen LogP contribution in [0.25, 0.3) is 0 Å². The van der Waals surface area contributed by atoms with Crippen LogP contribution in [0.3, 0.4) is 0 Å². The average Bonchev–Trinajstić information content (AvgIpc) is 2.15. The molecule has 1 atom stereocenters. The predicted molar refractivity (Wildman–Crippen MR) is 52.5 cm³/mol. The molecular formula is C9H18N2O3. The minimum atomic E-state index is -0.416. The predicted octanol–water partition coefficient (Wildman–Crippen LogP) is -0.349. The number of rotatable bonds is 6. The van der Waals surface area contributed by atoms with Crippen molar-refractivity contribution in [3.63, 3.8) is 0 Å². The number of carbonyl (C=O) groups excluding carboxylic acids is 2. The molecule has 5 heteroatoms. The molecule has 1 amide bonds. The van der Waals surface area contributed by atoms with Crippen molar-refractivity contribution in [2.24, 2.45) is 11.7 Å². The Kier molecular flexibility index (Phi) is 6.74. The summed E-state index contributed by atoms with van der Waals surface area (Å²) in [6.07, 6.45) is 0.343. The summed E-state index contributed by atoms with van der Waals surface area (Å²) >= 11 is 0. The van der Waals surface area contributed by atoms with E-state index in [9.17, 15) is 9.59 Å². The van der Waals surface area contributed by atoms with Gasteiger partial charge in [0, 0.05) is 6.42 Å². The van der Waals surface area contributed by atoms with Gasteiger partial charge in [0.2, 0.25) is 5.91 Å². The topological polar surface area (TPSA) is 81.4 Å². The fourth-order valence-electron chi connectivity index (χ4n) is 0.855. The average molecular weight is 202 g/mol.